The predicted molar refractivity (Wildman–Crippen MR) is 102 cm³/mol. The molecule has 1 atom stereocenters. The number of aliphatic imine (C=N–C) groups is 1. The van der Waals surface area contributed by atoms with Crippen molar-refractivity contribution in [2.45, 2.75) is 25.1 Å². The molecule has 1 amide bonds. The number of nitrogens with zero attached hydrogens (tertiary/aromatic N) is 3. The third-order valence-corrected chi connectivity index (χ3v) is 4.82. The number of hydrogen-bond donors (Lipinski definition) is 2. The summed E-state index contributed by atoms with van der Waals surface area (Å²) in [6, 6.07) is 3.51. The summed E-state index contributed by atoms with van der Waals surface area (Å²) in [5.74, 6) is -0.649. The lowest BCUT2D eigenvalue weighted by molar-refractivity contribution is -0.137. The summed E-state index contributed by atoms with van der Waals surface area (Å²) >= 11 is 1.31. The number of anilines is 1. The SMILES string of the molecule is C=C1C[C@@](C)(c2cncc(NC(=O)c3ccc(C(F)(F)F)cn3)c2)N=C(N)S1. The summed E-state index contributed by atoms with van der Waals surface area (Å²) in [6.45, 7) is 5.82. The second kappa shape index (κ2) is 7.27. The van der Waals surface area contributed by atoms with Crippen molar-refractivity contribution in [3.8, 4) is 0 Å². The molecule has 0 fully saturated rings. The zero-order valence-electron chi connectivity index (χ0n) is 14.7. The Kier molecular flexibility index (Phi) is 5.16. The van der Waals surface area contributed by atoms with Gasteiger partial charge in [-0.2, -0.15) is 13.2 Å². The van der Waals surface area contributed by atoms with Gasteiger partial charge in [0.05, 0.1) is 23.0 Å². The van der Waals surface area contributed by atoms with Gasteiger partial charge in [-0.05, 0) is 30.0 Å². The molecule has 0 unspecified atom stereocenters. The minimum Gasteiger partial charge on any atom is -0.378 e. The van der Waals surface area contributed by atoms with Crippen LogP contribution in [0.15, 0.2) is 53.3 Å². The van der Waals surface area contributed by atoms with Crippen LogP contribution in [-0.4, -0.2) is 21.0 Å². The first kappa shape index (κ1) is 19.9. The minimum atomic E-state index is -4.51. The number of rotatable bonds is 3. The fourth-order valence-electron chi connectivity index (χ4n) is 2.73. The van der Waals surface area contributed by atoms with Gasteiger partial charge in [0.25, 0.3) is 5.91 Å². The van der Waals surface area contributed by atoms with Gasteiger partial charge in [0.15, 0.2) is 5.17 Å². The number of aromatic nitrogens is 2. The average Bonchev–Trinajstić information content (AvgIpc) is 2.60. The van der Waals surface area contributed by atoms with E-state index in [0.29, 0.717) is 23.5 Å². The lowest BCUT2D eigenvalue weighted by Gasteiger charge is -2.30. The second-order valence-electron chi connectivity index (χ2n) is 6.39. The van der Waals surface area contributed by atoms with Gasteiger partial charge in [-0.3, -0.25) is 19.8 Å². The number of halogens is 3. The monoisotopic (exact) mass is 407 g/mol. The average molecular weight is 407 g/mol. The van der Waals surface area contributed by atoms with E-state index in [4.69, 9.17) is 5.73 Å². The number of alkyl halides is 3. The number of hydrogen-bond acceptors (Lipinski definition) is 6. The van der Waals surface area contributed by atoms with Crippen molar-refractivity contribution in [3.63, 3.8) is 0 Å². The van der Waals surface area contributed by atoms with Crippen LogP contribution in [0.25, 0.3) is 0 Å². The van der Waals surface area contributed by atoms with Crippen molar-refractivity contribution in [2.24, 2.45) is 10.7 Å². The van der Waals surface area contributed by atoms with E-state index in [9.17, 15) is 18.0 Å². The number of pyridine rings is 2. The molecule has 1 aliphatic heterocycles. The number of amides is 1. The van der Waals surface area contributed by atoms with Gasteiger partial charge >= 0.3 is 6.18 Å². The zero-order valence-corrected chi connectivity index (χ0v) is 15.6. The number of nitrogens with two attached hydrogens (primary N) is 1. The maximum absolute atomic E-state index is 12.6. The molecule has 2 aromatic rings. The van der Waals surface area contributed by atoms with E-state index in [-0.39, 0.29) is 5.69 Å². The molecule has 1 aliphatic rings. The van der Waals surface area contributed by atoms with Gasteiger partial charge in [0.2, 0.25) is 0 Å². The lowest BCUT2D eigenvalue weighted by Crippen LogP contribution is -2.28. The van der Waals surface area contributed by atoms with Crippen LogP contribution >= 0.6 is 11.8 Å². The van der Waals surface area contributed by atoms with Gasteiger partial charge in [0.1, 0.15) is 5.69 Å². The quantitative estimate of drug-likeness (QED) is 0.804. The fourth-order valence-corrected chi connectivity index (χ4v) is 3.63. The Hall–Kier alpha value is -2.88. The molecular weight excluding hydrogens is 391 g/mol. The van der Waals surface area contributed by atoms with E-state index in [1.807, 2.05) is 6.92 Å². The Morgan fingerprint density at radius 3 is 2.68 bits per heavy atom. The summed E-state index contributed by atoms with van der Waals surface area (Å²) < 4.78 is 37.8. The molecule has 10 heteroatoms. The van der Waals surface area contributed by atoms with E-state index >= 15 is 0 Å². The first-order valence-corrected chi connectivity index (χ1v) is 8.89. The molecule has 0 aliphatic carbocycles. The van der Waals surface area contributed by atoms with E-state index in [0.717, 1.165) is 22.6 Å². The van der Waals surface area contributed by atoms with Crippen molar-refractivity contribution in [1.82, 2.24) is 9.97 Å². The molecule has 0 radical (unpaired) electrons. The number of carbonyl (C=O) groups is 1. The second-order valence-corrected chi connectivity index (χ2v) is 7.59. The van der Waals surface area contributed by atoms with Crippen molar-refractivity contribution in [2.75, 3.05) is 5.32 Å². The summed E-state index contributed by atoms with van der Waals surface area (Å²) in [7, 11) is 0. The van der Waals surface area contributed by atoms with Crippen molar-refractivity contribution in [3.05, 3.63) is 65.1 Å². The molecule has 3 rings (SSSR count). The van der Waals surface area contributed by atoms with Crippen molar-refractivity contribution >= 4 is 28.5 Å². The lowest BCUT2D eigenvalue weighted by atomic mass is 9.90. The molecule has 0 saturated carbocycles. The van der Waals surface area contributed by atoms with E-state index < -0.39 is 23.2 Å². The van der Waals surface area contributed by atoms with Crippen LogP contribution in [0.1, 0.15) is 35.0 Å². The fraction of sp³-hybridized carbons (Fsp3) is 0.222. The smallest absolute Gasteiger partial charge is 0.378 e. The number of thioether (sulfide) groups is 1. The molecule has 2 aromatic heterocycles. The predicted octanol–water partition coefficient (Wildman–Crippen LogP) is 3.93. The van der Waals surface area contributed by atoms with Crippen LogP contribution in [0.5, 0.6) is 0 Å². The molecular formula is C18H16F3N5OS. The van der Waals surface area contributed by atoms with Gasteiger partial charge < -0.3 is 11.1 Å². The van der Waals surface area contributed by atoms with Crippen LogP contribution in [-0.2, 0) is 11.7 Å². The summed E-state index contributed by atoms with van der Waals surface area (Å²) in [4.78, 5) is 25.3. The van der Waals surface area contributed by atoms with Gasteiger partial charge in [-0.25, -0.2) is 0 Å². The Labute approximate surface area is 163 Å². The highest BCUT2D eigenvalue weighted by Gasteiger charge is 2.32. The van der Waals surface area contributed by atoms with Crippen LogP contribution in [0.4, 0.5) is 18.9 Å². The molecule has 0 bridgehead atoms. The number of carbonyl (C=O) groups excluding carboxylic acids is 1. The summed E-state index contributed by atoms with van der Waals surface area (Å²) in [5, 5.41) is 2.97. The molecule has 3 heterocycles. The molecule has 0 spiro atoms. The van der Waals surface area contributed by atoms with Gasteiger partial charge in [0, 0.05) is 24.4 Å². The highest BCUT2D eigenvalue weighted by molar-refractivity contribution is 8.17. The Bertz CT molecular complexity index is 958. The first-order chi connectivity index (χ1) is 13.1. The molecule has 6 nitrogen and oxygen atoms in total. The Morgan fingerprint density at radius 1 is 1.32 bits per heavy atom. The topological polar surface area (TPSA) is 93.3 Å². The molecule has 0 aromatic carbocycles. The molecule has 0 saturated heterocycles. The maximum Gasteiger partial charge on any atom is 0.417 e. The van der Waals surface area contributed by atoms with E-state index in [1.54, 1.807) is 12.3 Å². The van der Waals surface area contributed by atoms with E-state index in [2.05, 4.69) is 26.9 Å². The standard InChI is InChI=1S/C18H16F3N5OS/c1-10-6-17(2,26-16(22)28-10)12-5-13(9-23-7-12)25-15(27)14-4-3-11(8-24-14)18(19,20)21/h3-5,7-9H,1,6H2,2H3,(H2,22,26)(H,25,27)/t17-/m0/s1. The zero-order chi connectivity index (χ0) is 20.5. The summed E-state index contributed by atoms with van der Waals surface area (Å²) in [5.41, 5.74) is 5.19. The van der Waals surface area contributed by atoms with Crippen molar-refractivity contribution < 1.29 is 18.0 Å². The minimum absolute atomic E-state index is 0.144. The van der Waals surface area contributed by atoms with Crippen molar-refractivity contribution in [1.29, 1.82) is 0 Å². The van der Waals surface area contributed by atoms with Crippen LogP contribution in [0.2, 0.25) is 0 Å². The highest BCUT2D eigenvalue weighted by atomic mass is 32.2. The third kappa shape index (κ3) is 4.33. The Morgan fingerprint density at radius 2 is 2.07 bits per heavy atom. The maximum atomic E-state index is 12.6. The van der Waals surface area contributed by atoms with Crippen LogP contribution in [0, 0.1) is 0 Å². The molecule has 3 N–H and O–H groups in total. The largest absolute Gasteiger partial charge is 0.417 e. The first-order valence-electron chi connectivity index (χ1n) is 8.08. The molecule has 146 valence electrons. The van der Waals surface area contributed by atoms with Crippen LogP contribution < -0.4 is 11.1 Å². The van der Waals surface area contributed by atoms with E-state index in [1.165, 1.54) is 18.0 Å². The third-order valence-electron chi connectivity index (χ3n) is 4.09. The normalized spacial score (nSPS) is 19.9. The van der Waals surface area contributed by atoms with Gasteiger partial charge in [-0.15, -0.1) is 0 Å². The highest BCUT2D eigenvalue weighted by Crippen LogP contribution is 2.40. The van der Waals surface area contributed by atoms with Gasteiger partial charge in [-0.1, -0.05) is 18.3 Å². The number of nitrogens with one attached hydrogen (secondary N) is 1. The molecule has 28 heavy (non-hydrogen) atoms. The Balaban J connectivity index is 1.80. The van der Waals surface area contributed by atoms with Crippen LogP contribution in [0.3, 0.4) is 0 Å². The number of amidine groups is 1. The summed E-state index contributed by atoms with van der Waals surface area (Å²) in [6.07, 6.45) is -0.300.